The maximum absolute atomic E-state index is 13.3. The summed E-state index contributed by atoms with van der Waals surface area (Å²) in [5, 5.41) is 15.0. The van der Waals surface area contributed by atoms with Crippen LogP contribution < -0.4 is 10.6 Å². The number of aromatic nitrogens is 5. The molecule has 11 nitrogen and oxygen atoms in total. The van der Waals surface area contributed by atoms with Gasteiger partial charge in [-0.15, -0.1) is 0 Å². The number of nitrogens with one attached hydrogen (secondary N) is 2. The summed E-state index contributed by atoms with van der Waals surface area (Å²) in [7, 11) is 0. The average molecular weight is 536 g/mol. The molecule has 1 aliphatic heterocycles. The lowest BCUT2D eigenvalue weighted by Crippen LogP contribution is -2.42. The van der Waals surface area contributed by atoms with Gasteiger partial charge in [0.05, 0.1) is 30.2 Å². The monoisotopic (exact) mass is 535 g/mol. The first kappa shape index (κ1) is 26.8. The number of hydrogen-bond donors (Lipinski definition) is 2. The van der Waals surface area contributed by atoms with Crippen molar-refractivity contribution in [3.05, 3.63) is 47.7 Å². The first-order valence-corrected chi connectivity index (χ1v) is 14.1. The van der Waals surface area contributed by atoms with Crippen LogP contribution in [0.1, 0.15) is 86.7 Å². The normalized spacial score (nSPS) is 20.9. The van der Waals surface area contributed by atoms with E-state index < -0.39 is 11.4 Å². The molecule has 2 atom stereocenters. The highest BCUT2D eigenvalue weighted by Gasteiger charge is 2.50. The second kappa shape index (κ2) is 11.5. The van der Waals surface area contributed by atoms with Gasteiger partial charge in [0.25, 0.3) is 5.91 Å². The van der Waals surface area contributed by atoms with Gasteiger partial charge in [-0.05, 0) is 57.2 Å². The molecule has 1 saturated heterocycles. The molecule has 208 valence electrons. The average Bonchev–Trinajstić information content (AvgIpc) is 3.61. The molecule has 3 aromatic heterocycles. The SMILES string of the molecule is CCOC(=O)[C@]1(Cc2ccc3nc([C@@H](NC(=O)c4ccnn4CC)C4CCCCCC4)cn3n2)CCNC1=O. The molecule has 1 aliphatic carbocycles. The third kappa shape index (κ3) is 5.39. The number of esters is 1. The molecular formula is C28H37N7O4. The van der Waals surface area contributed by atoms with Gasteiger partial charge in [0.1, 0.15) is 5.69 Å². The van der Waals surface area contributed by atoms with Crippen LogP contribution in [0.2, 0.25) is 0 Å². The molecule has 11 heteroatoms. The minimum atomic E-state index is -1.28. The van der Waals surface area contributed by atoms with Crippen molar-refractivity contribution in [2.45, 2.75) is 77.8 Å². The molecule has 39 heavy (non-hydrogen) atoms. The highest BCUT2D eigenvalue weighted by atomic mass is 16.5. The summed E-state index contributed by atoms with van der Waals surface area (Å²) in [6, 6.07) is 5.11. The third-order valence-corrected chi connectivity index (χ3v) is 8.04. The van der Waals surface area contributed by atoms with Gasteiger partial charge in [0, 0.05) is 25.7 Å². The minimum Gasteiger partial charge on any atom is -0.465 e. The van der Waals surface area contributed by atoms with Crippen LogP contribution in [0.15, 0.2) is 30.6 Å². The van der Waals surface area contributed by atoms with Crippen molar-refractivity contribution in [3.8, 4) is 0 Å². The molecule has 2 fully saturated rings. The highest BCUT2D eigenvalue weighted by molar-refractivity contribution is 6.04. The maximum atomic E-state index is 13.3. The van der Waals surface area contributed by atoms with Crippen LogP contribution in [-0.4, -0.2) is 55.3 Å². The minimum absolute atomic E-state index is 0.144. The third-order valence-electron chi connectivity index (χ3n) is 8.04. The number of hydrogen-bond acceptors (Lipinski definition) is 7. The quantitative estimate of drug-likeness (QED) is 0.245. The summed E-state index contributed by atoms with van der Waals surface area (Å²) in [4.78, 5) is 43.7. The fourth-order valence-electron chi connectivity index (χ4n) is 5.94. The maximum Gasteiger partial charge on any atom is 0.322 e. The van der Waals surface area contributed by atoms with E-state index in [1.807, 2.05) is 19.2 Å². The van der Waals surface area contributed by atoms with Gasteiger partial charge in [-0.1, -0.05) is 25.7 Å². The second-order valence-corrected chi connectivity index (χ2v) is 10.5. The first-order chi connectivity index (χ1) is 18.9. The van der Waals surface area contributed by atoms with Crippen molar-refractivity contribution in [3.63, 3.8) is 0 Å². The Balaban J connectivity index is 1.45. The zero-order valence-corrected chi connectivity index (χ0v) is 22.7. The summed E-state index contributed by atoms with van der Waals surface area (Å²) in [5.74, 6) is -0.752. The Bertz CT molecular complexity index is 1340. The topological polar surface area (TPSA) is 133 Å². The first-order valence-electron chi connectivity index (χ1n) is 14.1. The molecule has 1 saturated carbocycles. The van der Waals surface area contributed by atoms with Gasteiger partial charge >= 0.3 is 5.97 Å². The van der Waals surface area contributed by atoms with E-state index in [1.54, 1.807) is 34.5 Å². The zero-order chi connectivity index (χ0) is 27.4. The van der Waals surface area contributed by atoms with E-state index in [0.29, 0.717) is 36.5 Å². The number of nitrogens with zero attached hydrogens (tertiary/aromatic N) is 5. The number of aryl methyl sites for hydroxylation is 1. The Labute approximate surface area is 227 Å². The second-order valence-electron chi connectivity index (χ2n) is 10.5. The van der Waals surface area contributed by atoms with Gasteiger partial charge in [-0.2, -0.15) is 10.2 Å². The van der Waals surface area contributed by atoms with E-state index >= 15 is 0 Å². The largest absolute Gasteiger partial charge is 0.465 e. The molecule has 2 N–H and O–H groups in total. The van der Waals surface area contributed by atoms with Crippen LogP contribution in [0.25, 0.3) is 5.65 Å². The van der Waals surface area contributed by atoms with Gasteiger partial charge in [0.15, 0.2) is 11.1 Å². The molecule has 0 bridgehead atoms. The Hall–Kier alpha value is -3.76. The zero-order valence-electron chi connectivity index (χ0n) is 22.7. The van der Waals surface area contributed by atoms with Crippen LogP contribution >= 0.6 is 0 Å². The predicted molar refractivity (Wildman–Crippen MR) is 143 cm³/mol. The van der Waals surface area contributed by atoms with E-state index in [-0.39, 0.29) is 36.8 Å². The van der Waals surface area contributed by atoms with Crippen molar-refractivity contribution >= 4 is 23.4 Å². The fraction of sp³-hybridized carbons (Fsp3) is 0.571. The summed E-state index contributed by atoms with van der Waals surface area (Å²) < 4.78 is 8.64. The smallest absolute Gasteiger partial charge is 0.322 e. The summed E-state index contributed by atoms with van der Waals surface area (Å²) in [6.07, 6.45) is 10.7. The van der Waals surface area contributed by atoms with Crippen LogP contribution in [0, 0.1) is 11.3 Å². The van der Waals surface area contributed by atoms with E-state index in [9.17, 15) is 14.4 Å². The van der Waals surface area contributed by atoms with Crippen molar-refractivity contribution in [2.75, 3.05) is 13.2 Å². The lowest BCUT2D eigenvalue weighted by molar-refractivity contribution is -0.159. The van der Waals surface area contributed by atoms with E-state index in [4.69, 9.17) is 14.8 Å². The summed E-state index contributed by atoms with van der Waals surface area (Å²) in [6.45, 7) is 4.93. The number of carbonyl (C=O) groups is 3. The van der Waals surface area contributed by atoms with Crippen LogP contribution in [-0.2, 0) is 27.3 Å². The molecule has 0 unspecified atom stereocenters. The van der Waals surface area contributed by atoms with Crippen molar-refractivity contribution < 1.29 is 19.1 Å². The number of rotatable bonds is 9. The molecule has 3 aromatic rings. The van der Waals surface area contributed by atoms with Gasteiger partial charge < -0.3 is 15.4 Å². The van der Waals surface area contributed by atoms with Crippen molar-refractivity contribution in [1.82, 2.24) is 35.0 Å². The predicted octanol–water partition coefficient (Wildman–Crippen LogP) is 3.00. The Morgan fingerprint density at radius 2 is 1.97 bits per heavy atom. The molecule has 0 spiro atoms. The van der Waals surface area contributed by atoms with E-state index in [0.717, 1.165) is 31.4 Å². The van der Waals surface area contributed by atoms with Crippen LogP contribution in [0.3, 0.4) is 0 Å². The van der Waals surface area contributed by atoms with E-state index in [2.05, 4.69) is 15.7 Å². The number of carbonyl (C=O) groups excluding carboxylic acids is 3. The molecule has 2 aliphatic rings. The van der Waals surface area contributed by atoms with Crippen LogP contribution in [0.5, 0.6) is 0 Å². The number of imidazole rings is 1. The van der Waals surface area contributed by atoms with Crippen LogP contribution in [0.4, 0.5) is 0 Å². The molecule has 4 heterocycles. The molecule has 5 rings (SSSR count). The fourth-order valence-corrected chi connectivity index (χ4v) is 5.94. The van der Waals surface area contributed by atoms with Gasteiger partial charge in [-0.3, -0.25) is 19.1 Å². The highest BCUT2D eigenvalue weighted by Crippen LogP contribution is 2.35. The molecular weight excluding hydrogens is 498 g/mol. The number of ether oxygens (including phenoxy) is 1. The number of fused-ring (bicyclic) bond motifs is 1. The summed E-state index contributed by atoms with van der Waals surface area (Å²) in [5.41, 5.74) is 1.24. The molecule has 2 amide bonds. The molecule has 0 radical (unpaired) electrons. The standard InChI is InChI=1S/C28H37N7O4/c1-3-34-22(13-15-30-34)25(36)32-24(19-9-7-5-6-8-10-19)21-18-35-23(31-21)12-11-20(33-35)17-28(27(38)39-4-2)14-16-29-26(28)37/h11-13,15,18-19,24H,3-10,14,16-17H2,1-2H3,(H,29,37)(H,32,36)/t24-,28-/m0/s1. The van der Waals surface area contributed by atoms with Crippen molar-refractivity contribution in [2.24, 2.45) is 11.3 Å². The lowest BCUT2D eigenvalue weighted by Gasteiger charge is -2.26. The Morgan fingerprint density at radius 3 is 2.67 bits per heavy atom. The van der Waals surface area contributed by atoms with Gasteiger partial charge in [0.2, 0.25) is 5.91 Å². The van der Waals surface area contributed by atoms with Crippen molar-refractivity contribution in [1.29, 1.82) is 0 Å². The number of amides is 2. The summed E-state index contributed by atoms with van der Waals surface area (Å²) >= 11 is 0. The lowest BCUT2D eigenvalue weighted by atomic mass is 9.81. The van der Waals surface area contributed by atoms with E-state index in [1.165, 1.54) is 12.8 Å². The Kier molecular flexibility index (Phi) is 7.94. The van der Waals surface area contributed by atoms with Gasteiger partial charge in [-0.25, -0.2) is 9.50 Å². The Morgan fingerprint density at radius 1 is 1.18 bits per heavy atom. The molecule has 0 aromatic carbocycles.